The van der Waals surface area contributed by atoms with Gasteiger partial charge in [0.05, 0.1) is 30.3 Å². The summed E-state index contributed by atoms with van der Waals surface area (Å²) < 4.78 is 5.09. The van der Waals surface area contributed by atoms with Gasteiger partial charge in [-0.15, -0.1) is 0 Å². The van der Waals surface area contributed by atoms with E-state index in [1.165, 1.54) is 37.7 Å². The lowest BCUT2D eigenvalue weighted by Crippen LogP contribution is -2.15. The topological polar surface area (TPSA) is 101 Å². The number of ether oxygens (including phenoxy) is 1. The molecule has 0 spiro atoms. The van der Waals surface area contributed by atoms with E-state index >= 15 is 0 Å². The van der Waals surface area contributed by atoms with Gasteiger partial charge in [-0.2, -0.15) is 0 Å². The molecule has 0 atom stereocenters. The Labute approximate surface area is 120 Å². The van der Waals surface area contributed by atoms with Crippen molar-refractivity contribution in [1.82, 2.24) is 9.97 Å². The van der Waals surface area contributed by atoms with Crippen LogP contribution in [0, 0.1) is 6.92 Å². The van der Waals surface area contributed by atoms with Crippen molar-refractivity contribution in [1.29, 1.82) is 0 Å². The van der Waals surface area contributed by atoms with Crippen LogP contribution in [0.1, 0.15) is 26.5 Å². The van der Waals surface area contributed by atoms with E-state index in [1.807, 2.05) is 0 Å². The monoisotopic (exact) mass is 287 g/mol. The number of carbonyl (C=O) groups excluding carboxylic acids is 1. The van der Waals surface area contributed by atoms with Gasteiger partial charge in [0.2, 0.25) is 0 Å². The lowest BCUT2D eigenvalue weighted by Gasteiger charge is -2.10. The maximum absolute atomic E-state index is 12.1. The van der Waals surface area contributed by atoms with Gasteiger partial charge >= 0.3 is 5.97 Å². The van der Waals surface area contributed by atoms with Gasteiger partial charge in [-0.05, 0) is 25.1 Å². The van der Waals surface area contributed by atoms with Gasteiger partial charge in [0.25, 0.3) is 5.91 Å². The summed E-state index contributed by atoms with van der Waals surface area (Å²) in [6.07, 6.45) is 2.82. The second-order valence-electron chi connectivity index (χ2n) is 4.22. The average Bonchev–Trinajstić information content (AvgIpc) is 2.47. The number of hydrogen-bond donors (Lipinski definition) is 2. The minimum absolute atomic E-state index is 0.0427. The summed E-state index contributed by atoms with van der Waals surface area (Å²) in [6, 6.07) is 4.18. The van der Waals surface area contributed by atoms with Crippen molar-refractivity contribution in [3.8, 4) is 5.75 Å². The summed E-state index contributed by atoms with van der Waals surface area (Å²) in [5.74, 6) is -1.24. The molecule has 1 heterocycles. The highest BCUT2D eigenvalue weighted by Gasteiger charge is 2.14. The first-order valence-electron chi connectivity index (χ1n) is 6.02. The molecule has 7 heteroatoms. The highest BCUT2D eigenvalue weighted by atomic mass is 16.5. The molecule has 0 saturated carbocycles. The van der Waals surface area contributed by atoms with Crippen LogP contribution in [-0.4, -0.2) is 34.1 Å². The average molecular weight is 287 g/mol. The van der Waals surface area contributed by atoms with Gasteiger partial charge in [-0.1, -0.05) is 0 Å². The number of methoxy groups -OCH3 is 1. The predicted molar refractivity (Wildman–Crippen MR) is 74.7 cm³/mol. The standard InChI is InChI=1S/C14H13N3O4/c1-8-6-16-11(7-15-8)13(18)17-10-5-9(14(19)20)3-4-12(10)21-2/h3-7H,1-2H3,(H,17,18)(H,19,20). The quantitative estimate of drug-likeness (QED) is 0.888. The van der Waals surface area contributed by atoms with E-state index in [4.69, 9.17) is 9.84 Å². The zero-order chi connectivity index (χ0) is 15.4. The largest absolute Gasteiger partial charge is 0.495 e. The van der Waals surface area contributed by atoms with E-state index < -0.39 is 11.9 Å². The van der Waals surface area contributed by atoms with Crippen LogP contribution in [-0.2, 0) is 0 Å². The number of benzene rings is 1. The van der Waals surface area contributed by atoms with Crippen molar-refractivity contribution in [2.75, 3.05) is 12.4 Å². The number of aromatic carboxylic acids is 1. The molecular formula is C14H13N3O4. The summed E-state index contributed by atoms with van der Waals surface area (Å²) in [7, 11) is 1.43. The minimum Gasteiger partial charge on any atom is -0.495 e. The fourth-order valence-electron chi connectivity index (χ4n) is 1.63. The van der Waals surface area contributed by atoms with Crippen LogP contribution in [0.2, 0.25) is 0 Å². The fraction of sp³-hybridized carbons (Fsp3) is 0.143. The summed E-state index contributed by atoms with van der Waals surface area (Å²) in [5.41, 5.74) is 1.12. The van der Waals surface area contributed by atoms with Gasteiger partial charge in [0, 0.05) is 6.20 Å². The molecular weight excluding hydrogens is 274 g/mol. The summed E-state index contributed by atoms with van der Waals surface area (Å²) in [4.78, 5) is 31.0. The van der Waals surface area contributed by atoms with Crippen molar-refractivity contribution in [2.24, 2.45) is 0 Å². The van der Waals surface area contributed by atoms with E-state index in [0.717, 1.165) is 0 Å². The van der Waals surface area contributed by atoms with Gasteiger partial charge in [-0.25, -0.2) is 9.78 Å². The molecule has 2 aromatic rings. The van der Waals surface area contributed by atoms with E-state index in [2.05, 4.69) is 15.3 Å². The van der Waals surface area contributed by atoms with Crippen LogP contribution in [0.3, 0.4) is 0 Å². The second-order valence-corrected chi connectivity index (χ2v) is 4.22. The Hall–Kier alpha value is -2.96. The zero-order valence-electron chi connectivity index (χ0n) is 11.5. The van der Waals surface area contributed by atoms with Gasteiger partial charge in [0.1, 0.15) is 11.4 Å². The Morgan fingerprint density at radius 2 is 2.00 bits per heavy atom. The molecule has 1 amide bonds. The fourth-order valence-corrected chi connectivity index (χ4v) is 1.63. The molecule has 108 valence electrons. The van der Waals surface area contributed by atoms with E-state index in [9.17, 15) is 9.59 Å². The van der Waals surface area contributed by atoms with E-state index in [1.54, 1.807) is 6.92 Å². The molecule has 0 fully saturated rings. The molecule has 2 rings (SSSR count). The molecule has 1 aromatic heterocycles. The highest BCUT2D eigenvalue weighted by Crippen LogP contribution is 2.25. The van der Waals surface area contributed by atoms with E-state index in [0.29, 0.717) is 11.4 Å². The number of nitrogens with one attached hydrogen (secondary N) is 1. The molecule has 1 aromatic carbocycles. The number of carboxylic acids is 1. The Kier molecular flexibility index (Phi) is 4.13. The smallest absolute Gasteiger partial charge is 0.335 e. The summed E-state index contributed by atoms with van der Waals surface area (Å²) >= 11 is 0. The second kappa shape index (κ2) is 6.00. The SMILES string of the molecule is COc1ccc(C(=O)O)cc1NC(=O)c1cnc(C)cn1. The molecule has 0 aliphatic rings. The first-order valence-corrected chi connectivity index (χ1v) is 6.02. The maximum Gasteiger partial charge on any atom is 0.335 e. The molecule has 0 aliphatic carbocycles. The van der Waals surface area contributed by atoms with Gasteiger partial charge in [-0.3, -0.25) is 9.78 Å². The third-order valence-corrected chi connectivity index (χ3v) is 2.71. The number of nitrogens with zero attached hydrogens (tertiary/aromatic N) is 2. The van der Waals surface area contributed by atoms with Crippen molar-refractivity contribution >= 4 is 17.6 Å². The lowest BCUT2D eigenvalue weighted by atomic mass is 10.2. The lowest BCUT2D eigenvalue weighted by molar-refractivity contribution is 0.0696. The number of carboxylic acid groups (broad SMARTS) is 1. The Bertz CT molecular complexity index is 683. The number of carbonyl (C=O) groups is 2. The van der Waals surface area contributed by atoms with Crippen LogP contribution < -0.4 is 10.1 Å². The molecule has 0 bridgehead atoms. The zero-order valence-corrected chi connectivity index (χ0v) is 11.5. The predicted octanol–water partition coefficient (Wildman–Crippen LogP) is 1.74. The molecule has 0 saturated heterocycles. The third-order valence-electron chi connectivity index (χ3n) is 2.71. The van der Waals surface area contributed by atoms with Crippen molar-refractivity contribution in [2.45, 2.75) is 6.92 Å². The first-order chi connectivity index (χ1) is 10.0. The van der Waals surface area contributed by atoms with Crippen molar-refractivity contribution < 1.29 is 19.4 Å². The summed E-state index contributed by atoms with van der Waals surface area (Å²) in [6.45, 7) is 1.76. The van der Waals surface area contributed by atoms with Crippen LogP contribution in [0.15, 0.2) is 30.6 Å². The number of aryl methyl sites for hydroxylation is 1. The van der Waals surface area contributed by atoms with Gasteiger partial charge < -0.3 is 15.2 Å². The minimum atomic E-state index is -1.09. The number of hydrogen-bond acceptors (Lipinski definition) is 5. The molecule has 2 N–H and O–H groups in total. The van der Waals surface area contributed by atoms with Crippen LogP contribution in [0.4, 0.5) is 5.69 Å². The Morgan fingerprint density at radius 1 is 1.24 bits per heavy atom. The molecule has 0 aliphatic heterocycles. The van der Waals surface area contributed by atoms with Crippen LogP contribution >= 0.6 is 0 Å². The maximum atomic E-state index is 12.1. The number of amides is 1. The van der Waals surface area contributed by atoms with Crippen LogP contribution in [0.25, 0.3) is 0 Å². The molecule has 7 nitrogen and oxygen atoms in total. The van der Waals surface area contributed by atoms with E-state index in [-0.39, 0.29) is 16.9 Å². The van der Waals surface area contributed by atoms with Crippen molar-refractivity contribution in [3.05, 3.63) is 47.5 Å². The molecule has 0 unspecified atom stereocenters. The third kappa shape index (κ3) is 3.33. The van der Waals surface area contributed by atoms with Crippen LogP contribution in [0.5, 0.6) is 5.75 Å². The molecule has 0 radical (unpaired) electrons. The van der Waals surface area contributed by atoms with Gasteiger partial charge in [0.15, 0.2) is 0 Å². The summed E-state index contributed by atoms with van der Waals surface area (Å²) in [5, 5.41) is 11.5. The Balaban J connectivity index is 2.29. The molecule has 21 heavy (non-hydrogen) atoms. The number of anilines is 1. The number of aromatic nitrogens is 2. The first kappa shape index (κ1) is 14.4. The highest BCUT2D eigenvalue weighted by molar-refractivity contribution is 6.04. The normalized spacial score (nSPS) is 10.0. The van der Waals surface area contributed by atoms with Crippen molar-refractivity contribution in [3.63, 3.8) is 0 Å². The Morgan fingerprint density at radius 3 is 2.57 bits per heavy atom. The number of rotatable bonds is 4.